The van der Waals surface area contributed by atoms with Crippen molar-refractivity contribution in [3.8, 4) is 34.2 Å². The van der Waals surface area contributed by atoms with E-state index in [9.17, 15) is 0 Å². The lowest BCUT2D eigenvalue weighted by molar-refractivity contribution is 0.630. The Labute approximate surface area is 233 Å². The fraction of sp³-hybridized carbons (Fsp3) is 0.333. The summed E-state index contributed by atoms with van der Waals surface area (Å²) >= 11 is 5.13. The van der Waals surface area contributed by atoms with Gasteiger partial charge in [0.05, 0.1) is 50.2 Å². The zero-order chi connectivity index (χ0) is 27.7. The molecule has 1 N–H and O–H groups in total. The molecule has 0 fully saturated rings. The largest absolute Gasteiger partial charge is 0.304 e. The van der Waals surface area contributed by atoms with Crippen LogP contribution in [0.1, 0.15) is 0 Å². The van der Waals surface area contributed by atoms with Gasteiger partial charge in [0.1, 0.15) is 14.7 Å². The van der Waals surface area contributed by atoms with Gasteiger partial charge in [-0.05, 0) is 37.2 Å². The van der Waals surface area contributed by atoms with E-state index in [1.807, 2.05) is 21.1 Å². The summed E-state index contributed by atoms with van der Waals surface area (Å²) in [5.41, 5.74) is 2.43. The number of aromatic nitrogens is 18. The maximum atomic E-state index is 5.13. The molecule has 0 aliphatic heterocycles. The summed E-state index contributed by atoms with van der Waals surface area (Å²) in [6.07, 6.45) is 5.22. The molecule has 0 unspecified atom stereocenters. The molecule has 39 heavy (non-hydrogen) atoms. The number of aryl methyl sites for hydroxylation is 6. The number of hydrogen-bond donors (Lipinski definition) is 1. The summed E-state index contributed by atoms with van der Waals surface area (Å²) in [6, 6.07) is 0. The van der Waals surface area contributed by atoms with Gasteiger partial charge in [-0.3, -0.25) is 14.0 Å². The van der Waals surface area contributed by atoms with Crippen molar-refractivity contribution in [2.24, 2.45) is 42.3 Å². The van der Waals surface area contributed by atoms with Gasteiger partial charge in [0, 0.05) is 27.3 Å². The van der Waals surface area contributed by atoms with Crippen molar-refractivity contribution in [3.05, 3.63) is 23.2 Å². The third-order valence-electron chi connectivity index (χ3n) is 5.15. The Balaban J connectivity index is 0.000000198. The molecule has 0 saturated carbocycles. The lowest BCUT2D eigenvalue weighted by Gasteiger charge is -2.05. The van der Waals surface area contributed by atoms with Crippen LogP contribution in [0.2, 0.25) is 0 Å². The normalized spacial score (nSPS) is 11.1. The van der Waals surface area contributed by atoms with Crippen LogP contribution < -0.4 is 0 Å². The summed E-state index contributed by atoms with van der Waals surface area (Å²) in [6.45, 7) is 0. The zero-order valence-corrected chi connectivity index (χ0v) is 24.0. The van der Waals surface area contributed by atoms with Gasteiger partial charge in [0.2, 0.25) is 17.5 Å². The van der Waals surface area contributed by atoms with Gasteiger partial charge in [0.15, 0.2) is 0 Å². The van der Waals surface area contributed by atoms with Crippen LogP contribution in [0.15, 0.2) is 28.6 Å². The molecule has 18 nitrogen and oxygen atoms in total. The summed E-state index contributed by atoms with van der Waals surface area (Å²) in [5.74, 6) is 1.61. The quantitative estimate of drug-likeness (QED) is 0.211. The van der Waals surface area contributed by atoms with Crippen LogP contribution in [0.4, 0.5) is 0 Å². The molecule has 6 rings (SSSR count). The van der Waals surface area contributed by atoms with E-state index in [2.05, 4.69) is 61.5 Å². The minimum Gasteiger partial charge on any atom is -0.304 e. The molecular weight excluding hydrogens is 565 g/mol. The second-order valence-electron chi connectivity index (χ2n) is 8.00. The molecule has 6 aromatic heterocycles. The van der Waals surface area contributed by atoms with Gasteiger partial charge in [-0.25, -0.2) is 0 Å². The van der Waals surface area contributed by atoms with E-state index in [1.54, 1.807) is 53.8 Å². The van der Waals surface area contributed by atoms with Gasteiger partial charge in [-0.1, -0.05) is 12.2 Å². The lowest BCUT2D eigenvalue weighted by Crippen LogP contribution is -1.95. The fourth-order valence-electron chi connectivity index (χ4n) is 3.23. The highest BCUT2D eigenvalue weighted by molar-refractivity contribution is 8.76. The molecule has 0 saturated heterocycles. The van der Waals surface area contributed by atoms with E-state index in [0.717, 1.165) is 26.7 Å². The second-order valence-corrected chi connectivity index (χ2v) is 10.5. The highest BCUT2D eigenvalue weighted by Crippen LogP contribution is 2.43. The standard InChI is InChI=1S/C12H14N12S2.C6H8N6S/c1-21-11(7(5-13-21)9-15-19-23(3)17-9)25-26-12-8(6-14-22(12)2)10-16-20-24(4)18-10;1-11-6(13)4(3-7-11)5-8-10-12(2)9-5/h5-6H,1-4H3;3,7H,1-2H3. The number of hydrogen-bond acceptors (Lipinski definition) is 14. The maximum absolute atomic E-state index is 5.13. The van der Waals surface area contributed by atoms with Gasteiger partial charge in [-0.2, -0.15) is 24.6 Å². The number of nitrogens with one attached hydrogen (secondary N) is 1. The van der Waals surface area contributed by atoms with E-state index in [0.29, 0.717) is 22.1 Å². The van der Waals surface area contributed by atoms with Crippen molar-refractivity contribution < 1.29 is 0 Å². The average molecular weight is 587 g/mol. The van der Waals surface area contributed by atoms with Crippen LogP contribution in [-0.2, 0) is 42.3 Å². The molecule has 6 heterocycles. The molecular formula is C18H22N18S3. The highest BCUT2D eigenvalue weighted by Gasteiger charge is 2.20. The third kappa shape index (κ3) is 5.49. The van der Waals surface area contributed by atoms with Gasteiger partial charge >= 0.3 is 0 Å². The van der Waals surface area contributed by atoms with Crippen LogP contribution in [0.5, 0.6) is 0 Å². The Kier molecular flexibility index (Phi) is 7.34. The Bertz CT molecular complexity index is 1690. The Morgan fingerprint density at radius 2 is 1.05 bits per heavy atom. The molecule has 0 bridgehead atoms. The number of aromatic amines is 1. The summed E-state index contributed by atoms with van der Waals surface area (Å²) in [5, 5.41) is 49.4. The van der Waals surface area contributed by atoms with Crippen molar-refractivity contribution in [2.45, 2.75) is 10.1 Å². The molecule has 0 aromatic carbocycles. The Morgan fingerprint density at radius 3 is 1.38 bits per heavy atom. The number of nitrogens with zero attached hydrogens (tertiary/aromatic N) is 17. The molecule has 0 spiro atoms. The second kappa shape index (κ2) is 10.9. The predicted octanol–water partition coefficient (Wildman–Crippen LogP) is 0.607. The zero-order valence-electron chi connectivity index (χ0n) is 21.6. The van der Waals surface area contributed by atoms with Gasteiger partial charge in [-0.15, -0.1) is 30.6 Å². The first-order valence-corrected chi connectivity index (χ1v) is 13.6. The fourth-order valence-corrected chi connectivity index (χ4v) is 6.03. The van der Waals surface area contributed by atoms with E-state index in [4.69, 9.17) is 12.2 Å². The third-order valence-corrected chi connectivity index (χ3v) is 8.21. The monoisotopic (exact) mass is 586 g/mol. The van der Waals surface area contributed by atoms with Crippen molar-refractivity contribution in [3.63, 3.8) is 0 Å². The van der Waals surface area contributed by atoms with Crippen molar-refractivity contribution in [1.29, 1.82) is 0 Å². The Hall–Kier alpha value is -4.24. The van der Waals surface area contributed by atoms with E-state index in [1.165, 1.54) is 36.0 Å². The van der Waals surface area contributed by atoms with Crippen LogP contribution >= 0.6 is 33.8 Å². The van der Waals surface area contributed by atoms with E-state index < -0.39 is 0 Å². The predicted molar refractivity (Wildman–Crippen MR) is 142 cm³/mol. The van der Waals surface area contributed by atoms with Crippen molar-refractivity contribution in [2.75, 3.05) is 0 Å². The molecule has 0 aliphatic rings. The molecule has 0 aliphatic carbocycles. The van der Waals surface area contributed by atoms with Crippen molar-refractivity contribution >= 4 is 33.8 Å². The van der Waals surface area contributed by atoms with Gasteiger partial charge in [0.25, 0.3) is 0 Å². The summed E-state index contributed by atoms with van der Waals surface area (Å²) < 4.78 is 5.95. The first-order valence-electron chi connectivity index (χ1n) is 11.1. The molecule has 0 amide bonds. The summed E-state index contributed by atoms with van der Waals surface area (Å²) in [4.78, 5) is 4.24. The maximum Gasteiger partial charge on any atom is 0.209 e. The molecule has 0 radical (unpaired) electrons. The van der Waals surface area contributed by atoms with Gasteiger partial charge < -0.3 is 5.10 Å². The Morgan fingerprint density at radius 1 is 0.641 bits per heavy atom. The molecule has 6 aromatic rings. The highest BCUT2D eigenvalue weighted by atomic mass is 33.1. The van der Waals surface area contributed by atoms with Crippen LogP contribution in [-0.4, -0.2) is 90.0 Å². The smallest absolute Gasteiger partial charge is 0.209 e. The van der Waals surface area contributed by atoms with Crippen molar-refractivity contribution in [1.82, 2.24) is 90.0 Å². The molecule has 21 heteroatoms. The lowest BCUT2D eigenvalue weighted by atomic mass is 10.3. The molecule has 202 valence electrons. The first kappa shape index (κ1) is 26.4. The van der Waals surface area contributed by atoms with E-state index in [-0.39, 0.29) is 0 Å². The van der Waals surface area contributed by atoms with Crippen LogP contribution in [0.3, 0.4) is 0 Å². The number of tetrazole rings is 3. The van der Waals surface area contributed by atoms with Crippen LogP contribution in [0, 0.1) is 4.64 Å². The minimum absolute atomic E-state index is 0.532. The SMILES string of the molecule is Cn1nnc(-c2c[nH]n(C)c2=S)n1.Cn1nnc(-c2cnn(C)c2SSc2c(-c3nnn(C)n3)cnn2C)n1. The number of H-pyrrole nitrogens is 1. The first-order chi connectivity index (χ1) is 18.7. The number of rotatable bonds is 6. The average Bonchev–Trinajstić information content (AvgIpc) is 3.74. The van der Waals surface area contributed by atoms with Crippen LogP contribution in [0.25, 0.3) is 34.2 Å². The summed E-state index contributed by atoms with van der Waals surface area (Å²) in [7, 11) is 13.8. The molecule has 0 atom stereocenters. The topological polar surface area (TPSA) is 187 Å². The minimum atomic E-state index is 0.532. The van der Waals surface area contributed by atoms with E-state index >= 15 is 0 Å².